The van der Waals surface area contributed by atoms with Gasteiger partial charge < -0.3 is 10.2 Å². The maximum absolute atomic E-state index is 12.2. The van der Waals surface area contributed by atoms with Crippen molar-refractivity contribution in [2.45, 2.75) is 47.1 Å². The molecule has 0 aliphatic carbocycles. The van der Waals surface area contributed by atoms with E-state index in [0.29, 0.717) is 18.9 Å². The van der Waals surface area contributed by atoms with E-state index in [-0.39, 0.29) is 29.8 Å². The van der Waals surface area contributed by atoms with Gasteiger partial charge >= 0.3 is 0 Å². The van der Waals surface area contributed by atoms with Gasteiger partial charge in [0.15, 0.2) is 0 Å². The van der Waals surface area contributed by atoms with Gasteiger partial charge in [-0.05, 0) is 17.8 Å². The van der Waals surface area contributed by atoms with Gasteiger partial charge in [0.2, 0.25) is 11.8 Å². The summed E-state index contributed by atoms with van der Waals surface area (Å²) < 4.78 is 0. The minimum atomic E-state index is -0.335. The third kappa shape index (κ3) is 4.36. The Hall–Kier alpha value is -1.06. The summed E-state index contributed by atoms with van der Waals surface area (Å²) in [6.07, 6.45) is 0.714. The van der Waals surface area contributed by atoms with Crippen molar-refractivity contribution in [2.75, 3.05) is 13.1 Å². The molecule has 1 fully saturated rings. The van der Waals surface area contributed by atoms with Crippen molar-refractivity contribution in [3.05, 3.63) is 0 Å². The van der Waals surface area contributed by atoms with Crippen molar-refractivity contribution in [1.29, 1.82) is 0 Å². The van der Waals surface area contributed by atoms with Gasteiger partial charge in [-0.1, -0.05) is 34.6 Å². The monoisotopic (exact) mass is 240 g/mol. The molecule has 1 saturated heterocycles. The summed E-state index contributed by atoms with van der Waals surface area (Å²) >= 11 is 0. The fraction of sp³-hybridized carbons (Fsp3) is 0.846. The predicted molar refractivity (Wildman–Crippen MR) is 67.4 cm³/mol. The van der Waals surface area contributed by atoms with Gasteiger partial charge in [-0.3, -0.25) is 9.59 Å². The second-order valence-electron chi connectivity index (χ2n) is 6.50. The summed E-state index contributed by atoms with van der Waals surface area (Å²) in [7, 11) is 0. The largest absolute Gasteiger partial charge is 0.343 e. The van der Waals surface area contributed by atoms with E-state index in [4.69, 9.17) is 0 Å². The molecule has 2 amide bonds. The Labute approximate surface area is 104 Å². The first kappa shape index (κ1) is 14.0. The molecule has 1 aliphatic heterocycles. The van der Waals surface area contributed by atoms with Crippen molar-refractivity contribution >= 4 is 11.8 Å². The van der Waals surface area contributed by atoms with Crippen LogP contribution in [-0.4, -0.2) is 35.8 Å². The molecule has 0 aromatic rings. The van der Waals surface area contributed by atoms with Gasteiger partial charge in [-0.15, -0.1) is 0 Å². The Morgan fingerprint density at radius 3 is 2.41 bits per heavy atom. The third-order valence-corrected chi connectivity index (χ3v) is 2.65. The molecule has 1 unspecified atom stereocenters. The first-order valence-electron chi connectivity index (χ1n) is 6.27. The normalized spacial score (nSPS) is 22.0. The summed E-state index contributed by atoms with van der Waals surface area (Å²) in [6.45, 7) is 11.2. The molecule has 0 spiro atoms. The zero-order valence-corrected chi connectivity index (χ0v) is 11.5. The van der Waals surface area contributed by atoms with E-state index in [1.54, 1.807) is 4.90 Å². The average Bonchev–Trinajstić information content (AvgIpc) is 2.09. The van der Waals surface area contributed by atoms with Crippen LogP contribution in [0.15, 0.2) is 0 Å². The van der Waals surface area contributed by atoms with Crippen LogP contribution in [0.4, 0.5) is 0 Å². The minimum absolute atomic E-state index is 0.0235. The summed E-state index contributed by atoms with van der Waals surface area (Å²) in [6, 6.07) is -0.335. The number of nitrogens with one attached hydrogen (secondary N) is 1. The van der Waals surface area contributed by atoms with Crippen LogP contribution in [0.1, 0.15) is 41.0 Å². The number of carbonyl (C=O) groups excluding carboxylic acids is 2. The second-order valence-corrected chi connectivity index (χ2v) is 6.50. The van der Waals surface area contributed by atoms with Gasteiger partial charge in [-0.25, -0.2) is 0 Å². The van der Waals surface area contributed by atoms with Crippen molar-refractivity contribution in [1.82, 2.24) is 10.2 Å². The van der Waals surface area contributed by atoms with Crippen molar-refractivity contribution < 1.29 is 9.59 Å². The highest BCUT2D eigenvalue weighted by molar-refractivity contribution is 5.94. The first-order valence-corrected chi connectivity index (χ1v) is 6.27. The molecule has 17 heavy (non-hydrogen) atoms. The van der Waals surface area contributed by atoms with Crippen LogP contribution in [0.3, 0.4) is 0 Å². The third-order valence-electron chi connectivity index (χ3n) is 2.65. The van der Waals surface area contributed by atoms with Crippen molar-refractivity contribution in [3.63, 3.8) is 0 Å². The Morgan fingerprint density at radius 2 is 1.94 bits per heavy atom. The molecule has 1 atom stereocenters. The van der Waals surface area contributed by atoms with E-state index in [2.05, 4.69) is 39.9 Å². The lowest BCUT2D eigenvalue weighted by molar-refractivity contribution is -0.145. The van der Waals surface area contributed by atoms with Crippen molar-refractivity contribution in [2.24, 2.45) is 11.3 Å². The zero-order valence-electron chi connectivity index (χ0n) is 11.5. The number of rotatable bonds is 3. The number of carbonyl (C=O) groups is 2. The SMILES string of the molecule is CC(C)CC1NC(=O)CN(CC(C)(C)C)C1=O. The molecule has 4 heteroatoms. The number of piperazine rings is 1. The highest BCUT2D eigenvalue weighted by atomic mass is 16.2. The number of amides is 2. The molecule has 4 nitrogen and oxygen atoms in total. The molecule has 1 rings (SSSR count). The highest BCUT2D eigenvalue weighted by Crippen LogP contribution is 2.19. The molecule has 1 aliphatic rings. The molecule has 0 radical (unpaired) electrons. The summed E-state index contributed by atoms with van der Waals surface area (Å²) in [5, 5.41) is 2.78. The van der Waals surface area contributed by atoms with Gasteiger partial charge in [0, 0.05) is 6.54 Å². The van der Waals surface area contributed by atoms with E-state index in [0.717, 1.165) is 0 Å². The van der Waals surface area contributed by atoms with Gasteiger partial charge in [0.25, 0.3) is 0 Å². The molecule has 0 aromatic carbocycles. The molecule has 1 N–H and O–H groups in total. The fourth-order valence-electron chi connectivity index (χ4n) is 2.11. The summed E-state index contributed by atoms with van der Waals surface area (Å²) in [5.41, 5.74) is 0.0235. The summed E-state index contributed by atoms with van der Waals surface area (Å²) in [5.74, 6) is 0.423. The molecular formula is C13H24N2O2. The fourth-order valence-corrected chi connectivity index (χ4v) is 2.11. The topological polar surface area (TPSA) is 49.4 Å². The Balaban J connectivity index is 2.72. The number of hydrogen-bond acceptors (Lipinski definition) is 2. The average molecular weight is 240 g/mol. The molecular weight excluding hydrogens is 216 g/mol. The van der Waals surface area contributed by atoms with Crippen molar-refractivity contribution in [3.8, 4) is 0 Å². The Bertz CT molecular complexity index is 305. The van der Waals surface area contributed by atoms with E-state index in [1.165, 1.54) is 0 Å². The molecule has 0 aromatic heterocycles. The maximum atomic E-state index is 12.2. The van der Waals surface area contributed by atoms with Crippen LogP contribution in [0.5, 0.6) is 0 Å². The second kappa shape index (κ2) is 5.07. The van der Waals surface area contributed by atoms with Crippen LogP contribution < -0.4 is 5.32 Å². The lowest BCUT2D eigenvalue weighted by atomic mass is 9.94. The van der Waals surface area contributed by atoms with Crippen LogP contribution in [0, 0.1) is 11.3 Å². The van der Waals surface area contributed by atoms with Gasteiger partial charge in [0.1, 0.15) is 6.04 Å². The number of nitrogens with zero attached hydrogens (tertiary/aromatic N) is 1. The van der Waals surface area contributed by atoms with E-state index < -0.39 is 0 Å². The predicted octanol–water partition coefficient (Wildman–Crippen LogP) is 1.41. The molecule has 0 saturated carbocycles. The maximum Gasteiger partial charge on any atom is 0.245 e. The van der Waals surface area contributed by atoms with E-state index in [1.807, 2.05) is 0 Å². The van der Waals surface area contributed by atoms with Crippen LogP contribution >= 0.6 is 0 Å². The smallest absolute Gasteiger partial charge is 0.245 e. The van der Waals surface area contributed by atoms with E-state index in [9.17, 15) is 9.59 Å². The standard InChI is InChI=1S/C13H24N2O2/c1-9(2)6-10-12(17)15(7-11(16)14-10)8-13(3,4)5/h9-10H,6-8H2,1-5H3,(H,14,16). The molecule has 1 heterocycles. The van der Waals surface area contributed by atoms with Gasteiger partial charge in [0.05, 0.1) is 6.54 Å². The minimum Gasteiger partial charge on any atom is -0.343 e. The van der Waals surface area contributed by atoms with Gasteiger partial charge in [-0.2, -0.15) is 0 Å². The van der Waals surface area contributed by atoms with Crippen LogP contribution in [0.25, 0.3) is 0 Å². The molecule has 0 bridgehead atoms. The zero-order chi connectivity index (χ0) is 13.2. The molecule has 98 valence electrons. The quantitative estimate of drug-likeness (QED) is 0.810. The van der Waals surface area contributed by atoms with Crippen LogP contribution in [-0.2, 0) is 9.59 Å². The summed E-state index contributed by atoms with van der Waals surface area (Å²) in [4.78, 5) is 25.5. The highest BCUT2D eigenvalue weighted by Gasteiger charge is 2.34. The Kier molecular flexibility index (Phi) is 4.17. The first-order chi connectivity index (χ1) is 7.69. The lowest BCUT2D eigenvalue weighted by Gasteiger charge is -2.36. The van der Waals surface area contributed by atoms with Crippen LogP contribution in [0.2, 0.25) is 0 Å². The number of hydrogen-bond donors (Lipinski definition) is 1. The lowest BCUT2D eigenvalue weighted by Crippen LogP contribution is -2.59. The Morgan fingerprint density at radius 1 is 1.35 bits per heavy atom. The van der Waals surface area contributed by atoms with E-state index >= 15 is 0 Å².